The number of para-hydroxylation sites is 1. The summed E-state index contributed by atoms with van der Waals surface area (Å²) in [4.78, 5) is 45.9. The van der Waals surface area contributed by atoms with Gasteiger partial charge in [-0.25, -0.2) is 4.98 Å². The molecule has 2 N–H and O–H groups in total. The fraction of sp³-hybridized carbons (Fsp3) is 0.385. The highest BCUT2D eigenvalue weighted by atomic mass is 32.1. The number of thiazole rings is 1. The summed E-state index contributed by atoms with van der Waals surface area (Å²) in [5, 5.41) is 6.35. The standard InChI is InChI=1S/C26H29N5O3S/c1-18(32)27-12-11-23(33)31-16-26(17-31)15-30(13-19-7-3-2-4-8-19)14-20(26)24(34)29-25-28-21-9-5-6-10-22(21)35-25/h2-10,20H,11-17H2,1H3,(H,27,32)(H,28,29,34). The molecule has 9 heteroatoms. The minimum absolute atomic E-state index is 0.0104. The van der Waals surface area contributed by atoms with E-state index in [2.05, 4.69) is 32.7 Å². The topological polar surface area (TPSA) is 94.6 Å². The van der Waals surface area contributed by atoms with Crippen molar-refractivity contribution >= 4 is 44.4 Å². The van der Waals surface area contributed by atoms with Gasteiger partial charge < -0.3 is 15.5 Å². The third kappa shape index (κ3) is 5.06. The number of aromatic nitrogens is 1. The first kappa shape index (κ1) is 23.4. The van der Waals surface area contributed by atoms with Gasteiger partial charge in [-0.1, -0.05) is 53.8 Å². The van der Waals surface area contributed by atoms with E-state index in [1.807, 2.05) is 47.4 Å². The molecule has 0 radical (unpaired) electrons. The van der Waals surface area contributed by atoms with Crippen LogP contribution < -0.4 is 10.6 Å². The van der Waals surface area contributed by atoms with Gasteiger partial charge in [-0.05, 0) is 17.7 Å². The molecule has 1 unspecified atom stereocenters. The van der Waals surface area contributed by atoms with Crippen LogP contribution in [-0.4, -0.2) is 65.2 Å². The van der Waals surface area contributed by atoms with Crippen LogP contribution in [0.3, 0.4) is 0 Å². The van der Waals surface area contributed by atoms with Gasteiger partial charge in [-0.3, -0.25) is 19.3 Å². The fourth-order valence-electron chi connectivity index (χ4n) is 5.23. The molecule has 2 aliphatic heterocycles. The molecule has 182 valence electrons. The number of benzene rings is 2. The lowest BCUT2D eigenvalue weighted by Crippen LogP contribution is -2.63. The van der Waals surface area contributed by atoms with Crippen LogP contribution in [0.4, 0.5) is 5.13 Å². The maximum absolute atomic E-state index is 13.5. The Morgan fingerprint density at radius 2 is 1.80 bits per heavy atom. The molecule has 1 spiro atoms. The second-order valence-electron chi connectivity index (χ2n) is 9.53. The molecule has 1 atom stereocenters. The van der Waals surface area contributed by atoms with E-state index in [1.54, 1.807) is 0 Å². The molecule has 0 bridgehead atoms. The molecule has 2 aromatic carbocycles. The van der Waals surface area contributed by atoms with Crippen molar-refractivity contribution in [2.24, 2.45) is 11.3 Å². The minimum Gasteiger partial charge on any atom is -0.356 e. The number of fused-ring (bicyclic) bond motifs is 1. The van der Waals surface area contributed by atoms with Gasteiger partial charge in [0.1, 0.15) is 0 Å². The zero-order chi connectivity index (χ0) is 24.4. The molecule has 2 fully saturated rings. The Morgan fingerprint density at radius 3 is 2.54 bits per heavy atom. The Kier molecular flexibility index (Phi) is 6.53. The number of anilines is 1. The lowest BCUT2D eigenvalue weighted by molar-refractivity contribution is -0.148. The number of carbonyl (C=O) groups is 3. The lowest BCUT2D eigenvalue weighted by atomic mass is 9.71. The van der Waals surface area contributed by atoms with E-state index in [0.717, 1.165) is 23.3 Å². The molecule has 1 aromatic heterocycles. The van der Waals surface area contributed by atoms with Crippen molar-refractivity contribution in [1.82, 2.24) is 20.1 Å². The van der Waals surface area contributed by atoms with Crippen LogP contribution in [0.25, 0.3) is 10.2 Å². The fourth-order valence-corrected chi connectivity index (χ4v) is 6.10. The van der Waals surface area contributed by atoms with E-state index < -0.39 is 0 Å². The number of hydrogen-bond acceptors (Lipinski definition) is 6. The summed E-state index contributed by atoms with van der Waals surface area (Å²) < 4.78 is 1.04. The molecule has 3 aromatic rings. The van der Waals surface area contributed by atoms with Crippen LogP contribution in [0, 0.1) is 11.3 Å². The van der Waals surface area contributed by atoms with Gasteiger partial charge in [0.05, 0.1) is 16.1 Å². The first-order valence-electron chi connectivity index (χ1n) is 11.9. The van der Waals surface area contributed by atoms with Gasteiger partial charge in [0.15, 0.2) is 5.13 Å². The van der Waals surface area contributed by atoms with Gasteiger partial charge in [-0.15, -0.1) is 0 Å². The monoisotopic (exact) mass is 491 g/mol. The predicted molar refractivity (Wildman–Crippen MR) is 136 cm³/mol. The zero-order valence-electron chi connectivity index (χ0n) is 19.7. The van der Waals surface area contributed by atoms with Crippen molar-refractivity contribution in [3.05, 3.63) is 60.2 Å². The largest absolute Gasteiger partial charge is 0.356 e. The van der Waals surface area contributed by atoms with E-state index in [1.165, 1.54) is 23.8 Å². The Balaban J connectivity index is 1.29. The van der Waals surface area contributed by atoms with Crippen LogP contribution in [0.2, 0.25) is 0 Å². The Morgan fingerprint density at radius 1 is 1.06 bits per heavy atom. The molecule has 0 saturated carbocycles. The molecular formula is C26H29N5O3S. The molecule has 0 aliphatic carbocycles. The Labute approximate surface area is 208 Å². The summed E-state index contributed by atoms with van der Waals surface area (Å²) in [7, 11) is 0. The summed E-state index contributed by atoms with van der Waals surface area (Å²) >= 11 is 1.47. The van der Waals surface area contributed by atoms with Crippen LogP contribution in [-0.2, 0) is 20.9 Å². The van der Waals surface area contributed by atoms with E-state index in [9.17, 15) is 14.4 Å². The van der Waals surface area contributed by atoms with Crippen LogP contribution in [0.5, 0.6) is 0 Å². The van der Waals surface area contributed by atoms with Crippen LogP contribution in [0.15, 0.2) is 54.6 Å². The van der Waals surface area contributed by atoms with Crippen molar-refractivity contribution in [1.29, 1.82) is 0 Å². The summed E-state index contributed by atoms with van der Waals surface area (Å²) in [6, 6.07) is 18.1. The third-order valence-electron chi connectivity index (χ3n) is 6.89. The van der Waals surface area contributed by atoms with Crippen molar-refractivity contribution in [2.45, 2.75) is 19.9 Å². The minimum atomic E-state index is -0.279. The summed E-state index contributed by atoms with van der Waals surface area (Å²) in [6.07, 6.45) is 0.270. The molecule has 35 heavy (non-hydrogen) atoms. The molecule has 8 nitrogen and oxygen atoms in total. The summed E-state index contributed by atoms with van der Waals surface area (Å²) in [5.74, 6) is -0.407. The predicted octanol–water partition coefficient (Wildman–Crippen LogP) is 2.72. The molecule has 5 rings (SSSR count). The third-order valence-corrected chi connectivity index (χ3v) is 7.84. The molecule has 2 saturated heterocycles. The van der Waals surface area contributed by atoms with Crippen LogP contribution in [0.1, 0.15) is 18.9 Å². The first-order valence-corrected chi connectivity index (χ1v) is 12.7. The second kappa shape index (κ2) is 9.75. The summed E-state index contributed by atoms with van der Waals surface area (Å²) in [5.41, 5.74) is 1.80. The quantitative estimate of drug-likeness (QED) is 0.530. The zero-order valence-corrected chi connectivity index (χ0v) is 20.5. The number of nitrogens with one attached hydrogen (secondary N) is 2. The van der Waals surface area contributed by atoms with Gasteiger partial charge >= 0.3 is 0 Å². The van der Waals surface area contributed by atoms with Crippen molar-refractivity contribution in [3.8, 4) is 0 Å². The van der Waals surface area contributed by atoms with E-state index in [-0.39, 0.29) is 35.5 Å². The molecule has 3 heterocycles. The molecular weight excluding hydrogens is 462 g/mol. The number of amides is 3. The normalized spacial score (nSPS) is 19.0. The van der Waals surface area contributed by atoms with Gasteiger partial charge in [0, 0.05) is 58.0 Å². The highest BCUT2D eigenvalue weighted by molar-refractivity contribution is 7.22. The average Bonchev–Trinajstić information content (AvgIpc) is 3.39. The number of likely N-dealkylation sites (tertiary alicyclic amines) is 2. The van der Waals surface area contributed by atoms with Crippen LogP contribution >= 0.6 is 11.3 Å². The molecule has 3 amide bonds. The van der Waals surface area contributed by atoms with Crippen molar-refractivity contribution < 1.29 is 14.4 Å². The van der Waals surface area contributed by atoms with E-state index in [4.69, 9.17) is 0 Å². The first-order chi connectivity index (χ1) is 16.9. The van der Waals surface area contributed by atoms with Crippen molar-refractivity contribution in [2.75, 3.05) is 38.0 Å². The number of carbonyl (C=O) groups excluding carboxylic acids is 3. The highest BCUT2D eigenvalue weighted by Crippen LogP contribution is 2.45. The smallest absolute Gasteiger partial charge is 0.231 e. The Bertz CT molecular complexity index is 1210. The number of hydrogen-bond donors (Lipinski definition) is 2. The maximum atomic E-state index is 13.5. The van der Waals surface area contributed by atoms with Gasteiger partial charge in [-0.2, -0.15) is 0 Å². The van der Waals surface area contributed by atoms with E-state index >= 15 is 0 Å². The lowest BCUT2D eigenvalue weighted by Gasteiger charge is -2.50. The number of nitrogens with zero attached hydrogens (tertiary/aromatic N) is 3. The summed E-state index contributed by atoms with van der Waals surface area (Å²) in [6.45, 7) is 5.04. The molecule has 2 aliphatic rings. The number of rotatable bonds is 7. The average molecular weight is 492 g/mol. The van der Waals surface area contributed by atoms with E-state index in [0.29, 0.717) is 31.3 Å². The second-order valence-corrected chi connectivity index (χ2v) is 10.6. The highest BCUT2D eigenvalue weighted by Gasteiger charge is 2.57. The Hall–Kier alpha value is -3.30. The SMILES string of the molecule is CC(=O)NCCC(=O)N1CC2(CN(Cc3ccccc3)CC2C(=O)Nc2nc3ccccc3s2)C1. The van der Waals surface area contributed by atoms with Gasteiger partial charge in [0.25, 0.3) is 0 Å². The maximum Gasteiger partial charge on any atom is 0.231 e. The van der Waals surface area contributed by atoms with Gasteiger partial charge in [0.2, 0.25) is 17.7 Å². The van der Waals surface area contributed by atoms with Crippen molar-refractivity contribution in [3.63, 3.8) is 0 Å².